The van der Waals surface area contributed by atoms with Gasteiger partial charge in [-0.2, -0.15) is 0 Å². The highest BCUT2D eigenvalue weighted by Gasteiger charge is 2.49. The van der Waals surface area contributed by atoms with Gasteiger partial charge >= 0.3 is 11.0 Å². The molecule has 1 aromatic heterocycles. The van der Waals surface area contributed by atoms with Crippen molar-refractivity contribution in [2.75, 3.05) is 6.61 Å². The smallest absolute Gasteiger partial charge is 0.388 e. The van der Waals surface area contributed by atoms with Gasteiger partial charge in [-0.15, -0.1) is 0 Å². The van der Waals surface area contributed by atoms with E-state index in [1.807, 2.05) is 60.7 Å². The van der Waals surface area contributed by atoms with Gasteiger partial charge in [-0.05, 0) is 18.1 Å². The first-order valence-electron chi connectivity index (χ1n) is 12.2. The average molecular weight is 556 g/mol. The fourth-order valence-corrected chi connectivity index (χ4v) is 4.44. The number of aryl methyl sites for hydroxylation is 1. The fraction of sp³-hybridized carbons (Fsp3) is 0.333. The van der Waals surface area contributed by atoms with Crippen molar-refractivity contribution in [3.8, 4) is 0 Å². The van der Waals surface area contributed by atoms with Crippen LogP contribution in [0.15, 0.2) is 76.4 Å². The molecular weight excluding hydrogens is 526 g/mol. The topological polar surface area (TPSA) is 138 Å². The molecule has 4 atom stereocenters. The molecular formula is C27H29N3O8S. The summed E-state index contributed by atoms with van der Waals surface area (Å²) in [7, 11) is 0. The molecule has 12 heteroatoms. The second kappa shape index (κ2) is 13.4. The molecule has 206 valence electrons. The lowest BCUT2D eigenvalue weighted by molar-refractivity contribution is -0.117. The highest BCUT2D eigenvalue weighted by molar-refractivity contribution is 8.12. The molecule has 2 N–H and O–H groups in total. The van der Waals surface area contributed by atoms with E-state index in [1.54, 1.807) is 6.92 Å². The third kappa shape index (κ3) is 7.67. The molecule has 1 aliphatic rings. The van der Waals surface area contributed by atoms with E-state index in [0.717, 1.165) is 15.7 Å². The van der Waals surface area contributed by atoms with E-state index < -0.39 is 47.0 Å². The Morgan fingerprint density at radius 2 is 1.64 bits per heavy atom. The summed E-state index contributed by atoms with van der Waals surface area (Å²) in [4.78, 5) is 51.0. The van der Waals surface area contributed by atoms with Crippen LogP contribution in [-0.2, 0) is 37.0 Å². The number of hydrogen-bond donors (Lipinski definition) is 2. The van der Waals surface area contributed by atoms with Crippen LogP contribution in [0.1, 0.15) is 29.8 Å². The van der Waals surface area contributed by atoms with E-state index in [0.29, 0.717) is 18.6 Å². The van der Waals surface area contributed by atoms with Gasteiger partial charge in [-0.3, -0.25) is 23.9 Å². The Hall–Kier alpha value is -3.71. The molecule has 1 saturated heterocycles. The van der Waals surface area contributed by atoms with Crippen LogP contribution in [-0.4, -0.2) is 45.7 Å². The van der Waals surface area contributed by atoms with Crippen LogP contribution in [0.3, 0.4) is 0 Å². The zero-order valence-electron chi connectivity index (χ0n) is 21.4. The van der Waals surface area contributed by atoms with Gasteiger partial charge in [0.05, 0.1) is 31.8 Å². The number of benzene rings is 2. The molecule has 0 spiro atoms. The molecule has 39 heavy (non-hydrogen) atoms. The van der Waals surface area contributed by atoms with Crippen molar-refractivity contribution in [1.29, 1.82) is 0 Å². The van der Waals surface area contributed by atoms with Crippen LogP contribution in [0.2, 0.25) is 0 Å². The van der Waals surface area contributed by atoms with Gasteiger partial charge in [-0.1, -0.05) is 60.7 Å². The van der Waals surface area contributed by atoms with Crippen molar-refractivity contribution in [3.63, 3.8) is 0 Å². The monoisotopic (exact) mass is 555 g/mol. The lowest BCUT2D eigenvalue weighted by Crippen LogP contribution is -2.42. The minimum absolute atomic E-state index is 0.0643. The molecule has 4 rings (SSSR count). The van der Waals surface area contributed by atoms with Crippen molar-refractivity contribution in [3.05, 3.63) is 104 Å². The largest absolute Gasteiger partial charge is 0.445 e. The summed E-state index contributed by atoms with van der Waals surface area (Å²) in [5, 5.41) is -0.822. The van der Waals surface area contributed by atoms with Crippen LogP contribution in [0.25, 0.3) is 0 Å². The SMILES string of the molecule is CC(=O)NSC(=O)O[C@@H]1[C@H](OCc2ccccc2)[C@@H](COCc2ccccc2)O[C@H]1n1cc(C)c(=O)[nH]c1=O. The maximum atomic E-state index is 12.8. The molecule has 3 aromatic rings. The van der Waals surface area contributed by atoms with Crippen LogP contribution < -0.4 is 16.0 Å². The minimum atomic E-state index is -1.14. The van der Waals surface area contributed by atoms with Gasteiger partial charge in [0.15, 0.2) is 12.3 Å². The molecule has 0 unspecified atom stereocenters. The number of carbonyl (C=O) groups is 2. The molecule has 0 aliphatic carbocycles. The number of nitrogens with one attached hydrogen (secondary N) is 2. The number of ether oxygens (including phenoxy) is 4. The minimum Gasteiger partial charge on any atom is -0.445 e. The number of aromatic nitrogens is 2. The van der Waals surface area contributed by atoms with Gasteiger partial charge in [0, 0.05) is 18.7 Å². The maximum absolute atomic E-state index is 12.8. The molecule has 1 fully saturated rings. The number of amides is 1. The summed E-state index contributed by atoms with van der Waals surface area (Å²) in [6.07, 6.45) is -2.51. The van der Waals surface area contributed by atoms with Gasteiger partial charge < -0.3 is 18.9 Å². The Bertz CT molecular complexity index is 1380. The average Bonchev–Trinajstić information content (AvgIpc) is 3.25. The normalized spacial score (nSPS) is 20.5. The maximum Gasteiger partial charge on any atom is 0.388 e. The van der Waals surface area contributed by atoms with Crippen molar-refractivity contribution in [1.82, 2.24) is 14.3 Å². The summed E-state index contributed by atoms with van der Waals surface area (Å²) in [6, 6.07) is 19.0. The summed E-state index contributed by atoms with van der Waals surface area (Å²) in [5.74, 6) is -0.437. The predicted molar refractivity (Wildman–Crippen MR) is 143 cm³/mol. The van der Waals surface area contributed by atoms with Crippen molar-refractivity contribution in [2.45, 2.75) is 51.6 Å². The van der Waals surface area contributed by atoms with E-state index in [9.17, 15) is 19.2 Å². The molecule has 1 amide bonds. The second-order valence-electron chi connectivity index (χ2n) is 8.90. The van der Waals surface area contributed by atoms with E-state index in [4.69, 9.17) is 18.9 Å². The summed E-state index contributed by atoms with van der Waals surface area (Å²) >= 11 is 0.463. The van der Waals surface area contributed by atoms with E-state index in [1.165, 1.54) is 13.1 Å². The molecule has 2 aromatic carbocycles. The highest BCUT2D eigenvalue weighted by atomic mass is 32.2. The molecule has 2 heterocycles. The van der Waals surface area contributed by atoms with Gasteiger partial charge in [0.2, 0.25) is 5.91 Å². The van der Waals surface area contributed by atoms with Gasteiger partial charge in [-0.25, -0.2) is 9.59 Å². The zero-order valence-corrected chi connectivity index (χ0v) is 22.2. The Labute approximate surface area is 228 Å². The molecule has 0 radical (unpaired) electrons. The first kappa shape index (κ1) is 28.3. The van der Waals surface area contributed by atoms with Crippen LogP contribution >= 0.6 is 11.9 Å². The summed E-state index contributed by atoms with van der Waals surface area (Å²) in [6.45, 7) is 3.34. The van der Waals surface area contributed by atoms with E-state index in [2.05, 4.69) is 9.71 Å². The number of aromatic amines is 1. The van der Waals surface area contributed by atoms with Crippen molar-refractivity contribution >= 4 is 23.2 Å². The number of carbonyl (C=O) groups excluding carboxylic acids is 2. The Morgan fingerprint density at radius 1 is 1.00 bits per heavy atom. The quantitative estimate of drug-likeness (QED) is 0.301. The van der Waals surface area contributed by atoms with Crippen LogP contribution in [0.4, 0.5) is 4.79 Å². The molecule has 11 nitrogen and oxygen atoms in total. The predicted octanol–water partition coefficient (Wildman–Crippen LogP) is 2.83. The summed E-state index contributed by atoms with van der Waals surface area (Å²) in [5.41, 5.74) is 0.819. The first-order chi connectivity index (χ1) is 18.8. The third-order valence-electron chi connectivity index (χ3n) is 5.89. The van der Waals surface area contributed by atoms with Crippen molar-refractivity contribution < 1.29 is 28.5 Å². The van der Waals surface area contributed by atoms with Gasteiger partial charge in [0.25, 0.3) is 5.56 Å². The lowest BCUT2D eigenvalue weighted by Gasteiger charge is -2.25. The molecule has 1 aliphatic heterocycles. The Balaban J connectivity index is 1.62. The summed E-state index contributed by atoms with van der Waals surface area (Å²) < 4.78 is 27.5. The molecule has 0 saturated carbocycles. The number of rotatable bonds is 9. The number of nitrogens with zero attached hydrogens (tertiary/aromatic N) is 1. The number of H-pyrrole nitrogens is 1. The first-order valence-corrected chi connectivity index (χ1v) is 13.0. The Kier molecular flexibility index (Phi) is 9.71. The zero-order chi connectivity index (χ0) is 27.8. The van der Waals surface area contributed by atoms with Crippen LogP contribution in [0.5, 0.6) is 0 Å². The molecule has 0 bridgehead atoms. The van der Waals surface area contributed by atoms with E-state index in [-0.39, 0.29) is 18.8 Å². The van der Waals surface area contributed by atoms with Crippen molar-refractivity contribution in [2.24, 2.45) is 0 Å². The Morgan fingerprint density at radius 3 is 2.28 bits per heavy atom. The van der Waals surface area contributed by atoms with E-state index >= 15 is 0 Å². The van der Waals surface area contributed by atoms with Gasteiger partial charge in [0.1, 0.15) is 12.2 Å². The highest BCUT2D eigenvalue weighted by Crippen LogP contribution is 2.35. The van der Waals surface area contributed by atoms with Crippen LogP contribution in [0, 0.1) is 6.92 Å². The third-order valence-corrected chi connectivity index (χ3v) is 6.55. The standard InChI is InChI=1S/C27H29N3O8S/c1-17-13-30(26(33)28-24(17)32)25-23(38-27(34)39-29-18(2)31)22(36-15-20-11-7-4-8-12-20)21(37-25)16-35-14-19-9-5-3-6-10-19/h3-13,21-23,25H,14-16H2,1-2H3,(H,29,31)(H,28,32,33)/t21-,22-,23-,25-/m1/s1. The number of hydrogen-bond acceptors (Lipinski definition) is 9. The lowest BCUT2D eigenvalue weighted by atomic mass is 10.1. The second-order valence-corrected chi connectivity index (χ2v) is 9.64. The fourth-order valence-electron chi connectivity index (χ4n) is 4.05.